The molecule has 0 heterocycles. The Morgan fingerprint density at radius 2 is 0.769 bits per heavy atom. The zero-order chi connectivity index (χ0) is 47.2. The Bertz CT molecular complexity index is 1100. The lowest BCUT2D eigenvalue weighted by atomic mass is 10.0. The van der Waals surface area contributed by atoms with Crippen molar-refractivity contribution in [2.75, 3.05) is 13.2 Å². The van der Waals surface area contributed by atoms with Gasteiger partial charge in [-0.25, -0.2) is 0 Å². The zero-order valence-electron chi connectivity index (χ0n) is 43.2. The van der Waals surface area contributed by atoms with Gasteiger partial charge in [-0.15, -0.1) is 0 Å². The van der Waals surface area contributed by atoms with Crippen LogP contribution in [0.15, 0.2) is 48.6 Å². The third-order valence-corrected chi connectivity index (χ3v) is 12.8. The Morgan fingerprint density at radius 1 is 0.431 bits per heavy atom. The van der Waals surface area contributed by atoms with Crippen LogP contribution < -0.4 is 5.32 Å². The number of hydrogen-bond acceptors (Lipinski definition) is 5. The summed E-state index contributed by atoms with van der Waals surface area (Å²) in [7, 11) is 0. The Labute approximate surface area is 404 Å². The van der Waals surface area contributed by atoms with Gasteiger partial charge in [-0.1, -0.05) is 236 Å². The number of allylic oxidation sites excluding steroid dienone is 7. The molecular formula is C59H109NO5. The molecule has 0 saturated carbocycles. The minimum absolute atomic E-state index is 0.000584. The van der Waals surface area contributed by atoms with Crippen molar-refractivity contribution in [3.05, 3.63) is 48.6 Å². The van der Waals surface area contributed by atoms with Gasteiger partial charge in [0.15, 0.2) is 0 Å². The van der Waals surface area contributed by atoms with Crippen molar-refractivity contribution in [1.29, 1.82) is 0 Å². The third kappa shape index (κ3) is 51.1. The van der Waals surface area contributed by atoms with Gasteiger partial charge >= 0.3 is 5.97 Å². The quantitative estimate of drug-likeness (QED) is 0.0321. The maximum Gasteiger partial charge on any atom is 0.305 e. The summed E-state index contributed by atoms with van der Waals surface area (Å²) in [5.41, 5.74) is 0. The summed E-state index contributed by atoms with van der Waals surface area (Å²) in [6.45, 7) is 4.84. The number of aliphatic hydroxyl groups is 2. The largest absolute Gasteiger partial charge is 0.466 e. The van der Waals surface area contributed by atoms with Gasteiger partial charge in [0.1, 0.15) is 0 Å². The van der Waals surface area contributed by atoms with Crippen molar-refractivity contribution >= 4 is 11.9 Å². The molecular weight excluding hydrogens is 803 g/mol. The van der Waals surface area contributed by atoms with Crippen LogP contribution in [0.2, 0.25) is 0 Å². The minimum atomic E-state index is -0.848. The predicted octanol–water partition coefficient (Wildman–Crippen LogP) is 17.4. The number of rotatable bonds is 52. The van der Waals surface area contributed by atoms with Crippen molar-refractivity contribution in [1.82, 2.24) is 5.32 Å². The van der Waals surface area contributed by atoms with E-state index >= 15 is 0 Å². The van der Waals surface area contributed by atoms with Gasteiger partial charge in [0, 0.05) is 12.8 Å². The molecule has 65 heavy (non-hydrogen) atoms. The van der Waals surface area contributed by atoms with Crippen molar-refractivity contribution in [3.8, 4) is 0 Å². The molecule has 0 radical (unpaired) electrons. The highest BCUT2D eigenvalue weighted by atomic mass is 16.5. The summed E-state index contributed by atoms with van der Waals surface area (Å²) in [4.78, 5) is 24.4. The van der Waals surface area contributed by atoms with E-state index in [0.717, 1.165) is 57.8 Å². The molecule has 0 bridgehead atoms. The number of carbonyl (C=O) groups excluding carboxylic acids is 2. The van der Waals surface area contributed by atoms with Gasteiger partial charge in [0.25, 0.3) is 0 Å². The predicted molar refractivity (Wildman–Crippen MR) is 282 cm³/mol. The smallest absolute Gasteiger partial charge is 0.305 e. The average molecular weight is 913 g/mol. The second-order valence-electron chi connectivity index (χ2n) is 19.3. The fourth-order valence-corrected chi connectivity index (χ4v) is 8.42. The standard InChI is InChI=1S/C59H109NO5/c1-3-5-7-9-11-13-14-15-16-17-24-27-30-33-37-41-45-49-53-59(64)65-54-50-46-42-38-34-31-28-25-22-20-18-19-21-23-26-29-32-36-40-44-48-52-58(63)60-56(55-61)57(62)51-47-43-39-35-12-10-8-6-4-2/h13-14,16-17,19,21,47,51,56-57,61-62H,3-12,15,18,20,22-46,48-50,52-55H2,1-2H3,(H,60,63)/b14-13-,17-16-,21-19-,51-47+. The van der Waals surface area contributed by atoms with Gasteiger partial charge in [0.05, 0.1) is 25.4 Å². The van der Waals surface area contributed by atoms with Gasteiger partial charge in [-0.3, -0.25) is 9.59 Å². The topological polar surface area (TPSA) is 95.9 Å². The highest BCUT2D eigenvalue weighted by Gasteiger charge is 2.18. The van der Waals surface area contributed by atoms with E-state index in [1.54, 1.807) is 6.08 Å². The summed E-state index contributed by atoms with van der Waals surface area (Å²) in [5, 5.41) is 22.9. The summed E-state index contributed by atoms with van der Waals surface area (Å²) in [6.07, 6.45) is 68.5. The molecule has 0 aliphatic carbocycles. The molecule has 0 fully saturated rings. The van der Waals surface area contributed by atoms with Crippen LogP contribution in [-0.2, 0) is 14.3 Å². The molecule has 380 valence electrons. The molecule has 0 aromatic carbocycles. The molecule has 1 amide bonds. The third-order valence-electron chi connectivity index (χ3n) is 12.8. The average Bonchev–Trinajstić information content (AvgIpc) is 3.31. The molecule has 0 aromatic heterocycles. The molecule has 0 aliphatic heterocycles. The Balaban J connectivity index is 3.42. The first-order valence-corrected chi connectivity index (χ1v) is 28.4. The van der Waals surface area contributed by atoms with E-state index < -0.39 is 12.1 Å². The molecule has 2 atom stereocenters. The lowest BCUT2D eigenvalue weighted by Gasteiger charge is -2.20. The second kappa shape index (κ2) is 54.4. The number of aliphatic hydroxyl groups excluding tert-OH is 2. The maximum absolute atomic E-state index is 12.4. The summed E-state index contributed by atoms with van der Waals surface area (Å²) in [6, 6.07) is -0.632. The fourth-order valence-electron chi connectivity index (χ4n) is 8.42. The van der Waals surface area contributed by atoms with Gasteiger partial charge in [-0.2, -0.15) is 0 Å². The second-order valence-corrected chi connectivity index (χ2v) is 19.3. The number of nitrogens with one attached hydrogen (secondary N) is 1. The molecule has 0 aromatic rings. The summed E-state index contributed by atoms with van der Waals surface area (Å²) < 4.78 is 5.48. The van der Waals surface area contributed by atoms with Crippen LogP contribution in [0.4, 0.5) is 0 Å². The number of amides is 1. The maximum atomic E-state index is 12.4. The Hall–Kier alpha value is -2.18. The van der Waals surface area contributed by atoms with E-state index in [4.69, 9.17) is 4.74 Å². The number of esters is 1. The van der Waals surface area contributed by atoms with Gasteiger partial charge in [-0.05, 0) is 89.9 Å². The van der Waals surface area contributed by atoms with Gasteiger partial charge < -0.3 is 20.3 Å². The Morgan fingerprint density at radius 3 is 1.20 bits per heavy atom. The van der Waals surface area contributed by atoms with Crippen LogP contribution in [0.1, 0.15) is 290 Å². The number of carbonyl (C=O) groups is 2. The lowest BCUT2D eigenvalue weighted by Crippen LogP contribution is -2.45. The fraction of sp³-hybridized carbons (Fsp3) is 0.831. The van der Waals surface area contributed by atoms with E-state index in [2.05, 4.69) is 55.6 Å². The number of ether oxygens (including phenoxy) is 1. The first kappa shape index (κ1) is 62.8. The van der Waals surface area contributed by atoms with Crippen molar-refractivity contribution in [2.45, 2.75) is 302 Å². The number of hydrogen-bond donors (Lipinski definition) is 3. The summed E-state index contributed by atoms with van der Waals surface area (Å²) in [5.74, 6) is -0.0800. The molecule has 6 heteroatoms. The van der Waals surface area contributed by atoms with E-state index in [1.165, 1.54) is 205 Å². The monoisotopic (exact) mass is 912 g/mol. The van der Waals surface area contributed by atoms with Crippen LogP contribution in [-0.4, -0.2) is 47.4 Å². The zero-order valence-corrected chi connectivity index (χ0v) is 43.2. The Kier molecular flexibility index (Phi) is 52.6. The van der Waals surface area contributed by atoms with Crippen LogP contribution in [0, 0.1) is 0 Å². The first-order valence-electron chi connectivity index (χ1n) is 28.4. The SMILES string of the molecule is CCCCCC/C=C\C/C=C\CCCCCCCCCC(=O)OCCCCCCCCCCCC/C=C\CCCCCCCCCC(=O)NC(CO)C(O)/C=C/CCCCCCCCC. The summed E-state index contributed by atoms with van der Waals surface area (Å²) >= 11 is 0. The van der Waals surface area contributed by atoms with E-state index in [1.807, 2.05) is 6.08 Å². The molecule has 0 rings (SSSR count). The van der Waals surface area contributed by atoms with Crippen LogP contribution in [0.3, 0.4) is 0 Å². The molecule has 6 nitrogen and oxygen atoms in total. The molecule has 2 unspecified atom stereocenters. The molecule has 0 spiro atoms. The van der Waals surface area contributed by atoms with Crippen LogP contribution in [0.25, 0.3) is 0 Å². The van der Waals surface area contributed by atoms with Crippen LogP contribution >= 0.6 is 0 Å². The van der Waals surface area contributed by atoms with Crippen LogP contribution in [0.5, 0.6) is 0 Å². The highest BCUT2D eigenvalue weighted by Crippen LogP contribution is 2.15. The minimum Gasteiger partial charge on any atom is -0.466 e. The van der Waals surface area contributed by atoms with Crippen molar-refractivity contribution < 1.29 is 24.5 Å². The van der Waals surface area contributed by atoms with E-state index in [-0.39, 0.29) is 18.5 Å². The lowest BCUT2D eigenvalue weighted by molar-refractivity contribution is -0.143. The number of unbranched alkanes of at least 4 members (excludes halogenated alkanes) is 35. The van der Waals surface area contributed by atoms with Gasteiger partial charge in [0.2, 0.25) is 5.91 Å². The molecule has 0 aliphatic rings. The highest BCUT2D eigenvalue weighted by molar-refractivity contribution is 5.76. The molecule has 3 N–H and O–H groups in total. The van der Waals surface area contributed by atoms with E-state index in [0.29, 0.717) is 19.4 Å². The van der Waals surface area contributed by atoms with E-state index in [9.17, 15) is 19.8 Å². The molecule has 0 saturated heterocycles. The van der Waals surface area contributed by atoms with Crippen molar-refractivity contribution in [2.24, 2.45) is 0 Å². The first-order chi connectivity index (χ1) is 32.0. The van der Waals surface area contributed by atoms with Crippen molar-refractivity contribution in [3.63, 3.8) is 0 Å². The normalized spacial score (nSPS) is 13.0.